The molecule has 5 fully saturated rings. The zero-order valence-electron chi connectivity index (χ0n) is 19.2. The lowest BCUT2D eigenvalue weighted by Crippen LogP contribution is -2.71. The number of amides is 2. The molecule has 2 aromatic rings. The first-order valence-electron chi connectivity index (χ1n) is 12.3. The Balaban J connectivity index is 0.857. The van der Waals surface area contributed by atoms with E-state index >= 15 is 0 Å². The molecule has 188 valence electrons. The highest BCUT2D eigenvalue weighted by Crippen LogP contribution is 2.57. The summed E-state index contributed by atoms with van der Waals surface area (Å²) in [7, 11) is 0. The van der Waals surface area contributed by atoms with Gasteiger partial charge in [-0.05, 0) is 50.5 Å². The van der Waals surface area contributed by atoms with E-state index in [-0.39, 0.29) is 41.1 Å². The SMILES string of the molecule is O=C(N1CC2(CC(Cn3nccc3C(F)(F)F)C2)C1)N1CC2(CC(c3nc(C4(F)CC4)n[nH]3)C2)C1. The number of aromatic nitrogens is 5. The molecule has 0 unspecified atom stereocenters. The number of alkyl halides is 4. The summed E-state index contributed by atoms with van der Waals surface area (Å²) >= 11 is 0. The average Bonchev–Trinajstić information content (AvgIpc) is 3.09. The van der Waals surface area contributed by atoms with E-state index < -0.39 is 17.5 Å². The molecule has 0 radical (unpaired) electrons. The van der Waals surface area contributed by atoms with Gasteiger partial charge >= 0.3 is 12.2 Å². The number of carbonyl (C=O) groups is 1. The number of nitrogens with zero attached hydrogens (tertiary/aromatic N) is 6. The summed E-state index contributed by atoms with van der Waals surface area (Å²) in [6, 6.07) is 1.08. The molecule has 0 aromatic carbocycles. The van der Waals surface area contributed by atoms with Crippen LogP contribution in [0.5, 0.6) is 0 Å². The number of urea groups is 1. The zero-order chi connectivity index (χ0) is 24.2. The molecule has 2 aromatic heterocycles. The van der Waals surface area contributed by atoms with Gasteiger partial charge < -0.3 is 9.80 Å². The van der Waals surface area contributed by atoms with Crippen molar-refractivity contribution in [2.45, 2.75) is 62.8 Å². The Hall–Kier alpha value is -2.66. The Labute approximate surface area is 199 Å². The van der Waals surface area contributed by atoms with E-state index in [1.54, 1.807) is 0 Å². The molecule has 35 heavy (non-hydrogen) atoms. The Kier molecular flexibility index (Phi) is 4.17. The summed E-state index contributed by atoms with van der Waals surface area (Å²) in [6.45, 7) is 3.12. The number of carbonyl (C=O) groups excluding carboxylic acids is 1. The quantitative estimate of drug-likeness (QED) is 0.659. The summed E-state index contributed by atoms with van der Waals surface area (Å²) in [5.74, 6) is 1.47. The van der Waals surface area contributed by atoms with E-state index in [9.17, 15) is 22.4 Å². The molecule has 0 atom stereocenters. The topological polar surface area (TPSA) is 82.9 Å². The maximum Gasteiger partial charge on any atom is 0.433 e. The van der Waals surface area contributed by atoms with Crippen molar-refractivity contribution in [3.8, 4) is 0 Å². The lowest BCUT2D eigenvalue weighted by molar-refractivity contribution is -0.146. The smallest absolute Gasteiger partial charge is 0.323 e. The second kappa shape index (κ2) is 6.76. The van der Waals surface area contributed by atoms with E-state index in [2.05, 4.69) is 20.3 Å². The van der Waals surface area contributed by atoms with Crippen molar-refractivity contribution in [3.05, 3.63) is 29.6 Å². The van der Waals surface area contributed by atoms with Crippen LogP contribution in [0.1, 0.15) is 61.8 Å². The second-order valence-electron chi connectivity index (χ2n) is 11.8. The van der Waals surface area contributed by atoms with E-state index in [0.29, 0.717) is 25.9 Å². The van der Waals surface area contributed by atoms with E-state index in [4.69, 9.17) is 0 Å². The van der Waals surface area contributed by atoms with Crippen LogP contribution in [0.3, 0.4) is 0 Å². The number of halogens is 4. The van der Waals surface area contributed by atoms with Crippen molar-refractivity contribution in [1.29, 1.82) is 0 Å². The molecule has 5 aliphatic rings. The Morgan fingerprint density at radius 2 is 1.69 bits per heavy atom. The van der Waals surface area contributed by atoms with E-state index in [1.807, 2.05) is 9.80 Å². The summed E-state index contributed by atoms with van der Waals surface area (Å²) in [5, 5.41) is 10.8. The normalized spacial score (nSPS) is 26.3. The monoisotopic (exact) mass is 493 g/mol. The van der Waals surface area contributed by atoms with Crippen LogP contribution in [0.25, 0.3) is 0 Å². The fourth-order valence-corrected chi connectivity index (χ4v) is 6.94. The summed E-state index contributed by atoms with van der Waals surface area (Å²) in [4.78, 5) is 21.0. The number of hydrogen-bond donors (Lipinski definition) is 1. The number of nitrogens with one attached hydrogen (secondary N) is 1. The van der Waals surface area contributed by atoms with Crippen molar-refractivity contribution in [2.75, 3.05) is 26.2 Å². The highest BCUT2D eigenvalue weighted by molar-refractivity contribution is 5.77. The first kappa shape index (κ1) is 21.6. The van der Waals surface area contributed by atoms with Crippen molar-refractivity contribution < 1.29 is 22.4 Å². The number of hydrogen-bond acceptors (Lipinski definition) is 4. The van der Waals surface area contributed by atoms with Crippen LogP contribution in [-0.2, 0) is 18.4 Å². The number of H-pyrrole nitrogens is 1. The Bertz CT molecular complexity index is 1160. The molecule has 2 amide bonds. The first-order valence-corrected chi connectivity index (χ1v) is 12.3. The van der Waals surface area contributed by atoms with Gasteiger partial charge in [0.2, 0.25) is 0 Å². The minimum atomic E-state index is -4.39. The lowest BCUT2D eigenvalue weighted by atomic mass is 9.57. The standard InChI is InChI=1S/C23H27F4N7O/c24-22(2-3-22)18-29-17(30-31-18)15-7-21(8-15)12-33(13-21)19(35)32-10-20(11-32)5-14(6-20)9-34-16(1-4-28-34)23(25,26)27/h1,4,14-15H,2-3,5-13H2,(H,29,30,31). The van der Waals surface area contributed by atoms with Gasteiger partial charge in [0, 0.05) is 55.7 Å². The van der Waals surface area contributed by atoms with Crippen molar-refractivity contribution in [3.63, 3.8) is 0 Å². The molecule has 2 aliphatic heterocycles. The van der Waals surface area contributed by atoms with Crippen LogP contribution >= 0.6 is 0 Å². The molecule has 3 aliphatic carbocycles. The minimum absolute atomic E-state index is 0.0645. The molecular formula is C23H27F4N7O. The molecule has 8 nitrogen and oxygen atoms in total. The van der Waals surface area contributed by atoms with Crippen LogP contribution in [-0.4, -0.2) is 67.0 Å². The Morgan fingerprint density at radius 1 is 1.06 bits per heavy atom. The van der Waals surface area contributed by atoms with E-state index in [0.717, 1.165) is 55.3 Å². The average molecular weight is 494 g/mol. The van der Waals surface area contributed by atoms with Gasteiger partial charge in [-0.2, -0.15) is 23.4 Å². The maximum absolute atomic E-state index is 14.1. The number of likely N-dealkylation sites (tertiary alicyclic amines) is 2. The predicted molar refractivity (Wildman–Crippen MR) is 114 cm³/mol. The van der Waals surface area contributed by atoms with Gasteiger partial charge in [0.1, 0.15) is 11.5 Å². The third-order valence-corrected chi connectivity index (χ3v) is 8.87. The molecule has 3 saturated carbocycles. The van der Waals surface area contributed by atoms with Gasteiger partial charge in [0.15, 0.2) is 11.5 Å². The summed E-state index contributed by atoms with van der Waals surface area (Å²) in [6.07, 6.45) is 1.33. The number of rotatable bonds is 4. The first-order chi connectivity index (χ1) is 16.6. The lowest BCUT2D eigenvalue weighted by Gasteiger charge is -2.63. The largest absolute Gasteiger partial charge is 0.433 e. The fraction of sp³-hybridized carbons (Fsp3) is 0.739. The molecular weight excluding hydrogens is 466 g/mol. The molecule has 12 heteroatoms. The molecule has 2 spiro atoms. The van der Waals surface area contributed by atoms with Crippen molar-refractivity contribution >= 4 is 6.03 Å². The molecule has 7 rings (SSSR count). The highest BCUT2D eigenvalue weighted by atomic mass is 19.4. The second-order valence-corrected chi connectivity index (χ2v) is 11.8. The third kappa shape index (κ3) is 3.38. The molecule has 0 bridgehead atoms. The van der Waals surface area contributed by atoms with Crippen LogP contribution in [0.4, 0.5) is 22.4 Å². The van der Waals surface area contributed by atoms with Gasteiger partial charge in [0.25, 0.3) is 0 Å². The van der Waals surface area contributed by atoms with Gasteiger partial charge in [-0.15, -0.1) is 0 Å². The molecule has 4 heterocycles. The molecule has 1 N–H and O–H groups in total. The van der Waals surface area contributed by atoms with Crippen LogP contribution < -0.4 is 0 Å². The highest BCUT2D eigenvalue weighted by Gasteiger charge is 2.59. The van der Waals surface area contributed by atoms with Gasteiger partial charge in [0.05, 0.1) is 0 Å². The minimum Gasteiger partial charge on any atom is -0.323 e. The maximum atomic E-state index is 14.1. The van der Waals surface area contributed by atoms with Gasteiger partial charge in [-0.3, -0.25) is 9.78 Å². The third-order valence-electron chi connectivity index (χ3n) is 8.87. The summed E-state index contributed by atoms with van der Waals surface area (Å²) < 4.78 is 54.3. The van der Waals surface area contributed by atoms with Gasteiger partial charge in [-0.1, -0.05) is 0 Å². The van der Waals surface area contributed by atoms with Crippen molar-refractivity contribution in [2.24, 2.45) is 16.7 Å². The van der Waals surface area contributed by atoms with Crippen LogP contribution in [0.15, 0.2) is 12.3 Å². The van der Waals surface area contributed by atoms with Crippen LogP contribution in [0, 0.1) is 16.7 Å². The zero-order valence-corrected chi connectivity index (χ0v) is 19.2. The van der Waals surface area contributed by atoms with Crippen LogP contribution in [0.2, 0.25) is 0 Å². The number of aromatic amines is 1. The molecule has 2 saturated heterocycles. The fourth-order valence-electron chi connectivity index (χ4n) is 6.94. The van der Waals surface area contributed by atoms with Gasteiger partial charge in [-0.25, -0.2) is 14.2 Å². The van der Waals surface area contributed by atoms with Crippen molar-refractivity contribution in [1.82, 2.24) is 34.8 Å². The van der Waals surface area contributed by atoms with E-state index in [1.165, 1.54) is 6.20 Å². The summed E-state index contributed by atoms with van der Waals surface area (Å²) in [5.41, 5.74) is -1.82. The predicted octanol–water partition coefficient (Wildman–Crippen LogP) is 3.69. The Morgan fingerprint density at radius 3 is 2.29 bits per heavy atom.